The molecular weight excluding hydrogens is 532 g/mol. The first-order valence-electron chi connectivity index (χ1n) is 11.7. The Bertz CT molecular complexity index is 1500. The topological polar surface area (TPSA) is 73.1 Å². The van der Waals surface area contributed by atoms with Gasteiger partial charge in [0.15, 0.2) is 5.13 Å². The molecule has 200 valence electrons. The van der Waals surface area contributed by atoms with Crippen LogP contribution in [0.4, 0.5) is 31.5 Å². The minimum Gasteiger partial charge on any atom is -0.492 e. The number of aromatic nitrogens is 1. The van der Waals surface area contributed by atoms with Crippen molar-refractivity contribution in [3.8, 4) is 5.88 Å². The molecule has 13 heteroatoms. The first kappa shape index (κ1) is 26.2. The summed E-state index contributed by atoms with van der Waals surface area (Å²) in [6.07, 6.45) is -8.00. The second kappa shape index (κ2) is 10.0. The minimum atomic E-state index is -5.02. The third kappa shape index (κ3) is 5.39. The van der Waals surface area contributed by atoms with E-state index in [2.05, 4.69) is 20.5 Å². The molecule has 5 rings (SSSR count). The van der Waals surface area contributed by atoms with Gasteiger partial charge < -0.3 is 15.3 Å². The lowest BCUT2D eigenvalue weighted by Crippen LogP contribution is -2.27. The number of halogens is 6. The zero-order valence-corrected chi connectivity index (χ0v) is 20.5. The summed E-state index contributed by atoms with van der Waals surface area (Å²) in [6.45, 7) is 2.85. The van der Waals surface area contributed by atoms with Crippen LogP contribution in [0.5, 0.6) is 5.88 Å². The molecule has 0 aliphatic carbocycles. The lowest BCUT2D eigenvalue weighted by atomic mass is 9.94. The molecule has 3 heterocycles. The van der Waals surface area contributed by atoms with E-state index in [-0.39, 0.29) is 22.4 Å². The fourth-order valence-corrected chi connectivity index (χ4v) is 5.51. The van der Waals surface area contributed by atoms with Crippen molar-refractivity contribution in [2.75, 3.05) is 31.1 Å². The Balaban J connectivity index is 1.66. The van der Waals surface area contributed by atoms with Crippen LogP contribution in [0.3, 0.4) is 0 Å². The lowest BCUT2D eigenvalue weighted by molar-refractivity contribution is -0.143. The van der Waals surface area contributed by atoms with Crippen LogP contribution in [0, 0.1) is 0 Å². The summed E-state index contributed by atoms with van der Waals surface area (Å²) in [7, 11) is 0. The van der Waals surface area contributed by atoms with E-state index >= 15 is 0 Å². The third-order valence-electron chi connectivity index (χ3n) is 6.33. The summed E-state index contributed by atoms with van der Waals surface area (Å²) in [5, 5.41) is 23.5. The fourth-order valence-electron chi connectivity index (χ4n) is 4.43. The number of anilines is 1. The Hall–Kier alpha value is -3.45. The van der Waals surface area contributed by atoms with Gasteiger partial charge in [0.1, 0.15) is 0 Å². The van der Waals surface area contributed by atoms with E-state index in [4.69, 9.17) is 0 Å². The Kier molecular flexibility index (Phi) is 6.90. The van der Waals surface area contributed by atoms with Crippen molar-refractivity contribution in [1.29, 1.82) is 0 Å². The highest BCUT2D eigenvalue weighted by molar-refractivity contribution is 7.17. The van der Waals surface area contributed by atoms with Gasteiger partial charge in [-0.3, -0.25) is 0 Å². The Labute approximate surface area is 216 Å². The molecule has 1 aromatic heterocycles. The number of benzene rings is 2. The minimum absolute atomic E-state index is 0.128. The Morgan fingerprint density at radius 1 is 1.00 bits per heavy atom. The predicted octanol–water partition coefficient (Wildman–Crippen LogP) is 4.09. The first-order valence-corrected chi connectivity index (χ1v) is 12.5. The van der Waals surface area contributed by atoms with Crippen LogP contribution in [0.1, 0.15) is 33.6 Å². The summed E-state index contributed by atoms with van der Waals surface area (Å²) >= 11 is 1.13. The number of fused-ring (bicyclic) bond motifs is 1. The molecule has 3 aromatic rings. The predicted molar refractivity (Wildman–Crippen MR) is 131 cm³/mol. The van der Waals surface area contributed by atoms with Gasteiger partial charge in [0.25, 0.3) is 0 Å². The fraction of sp³-hybridized carbons (Fsp3) is 0.320. The molecule has 2 aromatic carbocycles. The van der Waals surface area contributed by atoms with Gasteiger partial charge in [0, 0.05) is 31.6 Å². The molecule has 0 amide bonds. The van der Waals surface area contributed by atoms with Crippen LogP contribution in [-0.2, 0) is 18.8 Å². The molecule has 1 fully saturated rings. The van der Waals surface area contributed by atoms with Crippen molar-refractivity contribution in [3.05, 3.63) is 74.1 Å². The maximum absolute atomic E-state index is 13.9. The Morgan fingerprint density at radius 2 is 1.82 bits per heavy atom. The average Bonchev–Trinajstić information content (AvgIpc) is 3.38. The van der Waals surface area contributed by atoms with E-state index in [1.165, 1.54) is 6.21 Å². The van der Waals surface area contributed by atoms with Crippen molar-refractivity contribution in [2.45, 2.75) is 25.2 Å². The van der Waals surface area contributed by atoms with Crippen molar-refractivity contribution in [1.82, 2.24) is 10.3 Å². The van der Waals surface area contributed by atoms with Crippen molar-refractivity contribution < 1.29 is 31.4 Å². The summed E-state index contributed by atoms with van der Waals surface area (Å²) in [5.41, 5.74) is -2.19. The standard InChI is InChI=1S/C25H21F6N5OS/c26-24(27,28)17-4-2-15(19(12-17)25(29,30)31)11-18(14-3-5-20-16(10-14)13-33-35-20)21-22(37)34-23(38-21)36-8-1-6-32-7-9-36/h2-5,10,12-13,32,37H,1,6-9,11H2. The molecule has 38 heavy (non-hydrogen) atoms. The summed E-state index contributed by atoms with van der Waals surface area (Å²) in [6, 6.07) is 6.57. The highest BCUT2D eigenvalue weighted by atomic mass is 32.1. The summed E-state index contributed by atoms with van der Waals surface area (Å²) in [4.78, 5) is 6.52. The van der Waals surface area contributed by atoms with Crippen LogP contribution in [-0.4, -0.2) is 42.5 Å². The third-order valence-corrected chi connectivity index (χ3v) is 7.50. The van der Waals surface area contributed by atoms with Crippen LogP contribution in [0.25, 0.3) is 5.57 Å². The molecule has 0 saturated carbocycles. The van der Waals surface area contributed by atoms with Gasteiger partial charge in [-0.25, -0.2) is 0 Å². The number of nitrogens with one attached hydrogen (secondary N) is 1. The molecule has 2 aliphatic heterocycles. The number of alkyl halides is 6. The first-order chi connectivity index (χ1) is 18.0. The number of aromatic hydroxyl groups is 1. The molecule has 6 nitrogen and oxygen atoms in total. The van der Waals surface area contributed by atoms with E-state index in [1.807, 2.05) is 4.90 Å². The van der Waals surface area contributed by atoms with E-state index < -0.39 is 29.9 Å². The maximum atomic E-state index is 13.9. The molecule has 0 radical (unpaired) electrons. The van der Waals surface area contributed by atoms with Crippen molar-refractivity contribution in [3.63, 3.8) is 0 Å². The molecule has 0 spiro atoms. The van der Waals surface area contributed by atoms with E-state index in [9.17, 15) is 31.4 Å². The second-order valence-corrected chi connectivity index (χ2v) is 9.86. The number of hydrogen-bond acceptors (Lipinski definition) is 7. The van der Waals surface area contributed by atoms with Crippen molar-refractivity contribution >= 4 is 28.3 Å². The zero-order chi connectivity index (χ0) is 27.1. The molecule has 2 N–H and O–H groups in total. The molecule has 2 aliphatic rings. The molecule has 0 bridgehead atoms. The maximum Gasteiger partial charge on any atom is 0.416 e. The van der Waals surface area contributed by atoms with Gasteiger partial charge in [0.05, 0.1) is 27.6 Å². The van der Waals surface area contributed by atoms with E-state index in [1.54, 1.807) is 18.2 Å². The smallest absolute Gasteiger partial charge is 0.416 e. The zero-order valence-electron chi connectivity index (χ0n) is 19.7. The number of thiazole rings is 1. The highest BCUT2D eigenvalue weighted by Gasteiger charge is 2.38. The van der Waals surface area contributed by atoms with Gasteiger partial charge in [-0.05, 0) is 53.6 Å². The van der Waals surface area contributed by atoms with Gasteiger partial charge in [-0.1, -0.05) is 23.5 Å². The Morgan fingerprint density at radius 3 is 2.58 bits per heavy atom. The van der Waals surface area contributed by atoms with Gasteiger partial charge in [0.2, 0.25) is 5.88 Å². The summed E-state index contributed by atoms with van der Waals surface area (Å²) < 4.78 is 81.5. The summed E-state index contributed by atoms with van der Waals surface area (Å²) in [5.74, 6) is -0.350. The molecular formula is C25H21F6N5OS. The van der Waals surface area contributed by atoms with Crippen molar-refractivity contribution in [2.24, 2.45) is 10.2 Å². The molecule has 1 saturated heterocycles. The van der Waals surface area contributed by atoms with E-state index in [0.29, 0.717) is 52.5 Å². The monoisotopic (exact) mass is 553 g/mol. The number of hydrogen-bond donors (Lipinski definition) is 2. The van der Waals surface area contributed by atoms with Crippen LogP contribution < -0.4 is 20.8 Å². The quantitative estimate of drug-likeness (QED) is 0.478. The molecule has 0 atom stereocenters. The molecule has 0 unspecified atom stereocenters. The van der Waals surface area contributed by atoms with Gasteiger partial charge in [-0.2, -0.15) is 41.5 Å². The largest absolute Gasteiger partial charge is 0.492 e. The van der Waals surface area contributed by atoms with Crippen LogP contribution in [0.15, 0.2) is 46.6 Å². The number of rotatable bonds is 4. The van der Waals surface area contributed by atoms with Gasteiger partial charge >= 0.3 is 12.4 Å². The van der Waals surface area contributed by atoms with Gasteiger partial charge in [-0.15, -0.1) is 0 Å². The number of nitrogens with zero attached hydrogens (tertiary/aromatic N) is 4. The lowest BCUT2D eigenvalue weighted by Gasteiger charge is -2.18. The van der Waals surface area contributed by atoms with E-state index in [0.717, 1.165) is 30.4 Å². The van der Waals surface area contributed by atoms with Crippen LogP contribution in [0.2, 0.25) is 0 Å². The second-order valence-electron chi connectivity index (χ2n) is 8.88. The normalized spacial score (nSPS) is 16.7. The highest BCUT2D eigenvalue weighted by Crippen LogP contribution is 2.41. The SMILES string of the molecule is Oc1nc(N2CCCNCC2)sc1C(Cc1ccc(C(F)(F)F)cc1C(F)(F)F)=c1ccc2c(c1)C=NN=2. The average molecular weight is 554 g/mol. The van der Waals surface area contributed by atoms with Crippen LogP contribution >= 0.6 is 11.3 Å².